The Balaban J connectivity index is 0.781. The third-order valence-electron chi connectivity index (χ3n) is 20.4. The molecule has 0 fully saturated rings. The predicted octanol–water partition coefficient (Wildman–Crippen LogP) is 21.7. The van der Waals surface area contributed by atoms with Crippen molar-refractivity contribution < 1.29 is 9.59 Å². The fourth-order valence-electron chi connectivity index (χ4n) is 15.8. The highest BCUT2D eigenvalue weighted by Gasteiger charge is 2.52. The van der Waals surface area contributed by atoms with Crippen LogP contribution in [0.25, 0.3) is 105 Å². The van der Waals surface area contributed by atoms with Gasteiger partial charge in [-0.25, -0.2) is 19.9 Å². The second-order valence-electron chi connectivity index (χ2n) is 26.2. The van der Waals surface area contributed by atoms with Crippen LogP contribution in [0, 0.1) is 73.0 Å². The fraction of sp³-hybridized carbons (Fsp3) is 0.0698. The van der Waals surface area contributed by atoms with Crippen molar-refractivity contribution in [1.29, 1.82) is 21.0 Å². The molecule has 0 amide bonds. The molecule has 0 unspecified atom stereocenters. The maximum atomic E-state index is 13.9. The van der Waals surface area contributed by atoms with Crippen molar-refractivity contribution in [2.75, 3.05) is 0 Å². The van der Waals surface area contributed by atoms with Gasteiger partial charge in [0, 0.05) is 42.8 Å². The number of thiophene rings is 2. The van der Waals surface area contributed by atoms with Gasteiger partial charge in [0.2, 0.25) is 0 Å². The topological polar surface area (TPSA) is 181 Å². The molecule has 15 aromatic rings. The number of thiazole rings is 4. The van der Waals surface area contributed by atoms with Gasteiger partial charge < -0.3 is 0 Å². The van der Waals surface area contributed by atoms with Crippen LogP contribution >= 0.6 is 68.0 Å². The van der Waals surface area contributed by atoms with E-state index in [0.717, 1.165) is 59.3 Å². The zero-order chi connectivity index (χ0) is 69.2. The molecule has 478 valence electrons. The molecule has 10 nitrogen and oxygen atoms in total. The average Bonchev–Trinajstić information content (AvgIpc) is 1.50. The van der Waals surface area contributed by atoms with Crippen molar-refractivity contribution >= 4 is 142 Å². The maximum Gasteiger partial charge on any atom is 0.194 e. The maximum absolute atomic E-state index is 13.9. The number of aromatic nitrogens is 4. The molecule has 0 saturated carbocycles. The number of ketones is 2. The average molecular weight is 1420 g/mol. The lowest BCUT2D eigenvalue weighted by Gasteiger charge is -2.36. The Morgan fingerprint density at radius 1 is 0.353 bits per heavy atom. The summed E-state index contributed by atoms with van der Waals surface area (Å²) < 4.78 is 2.25. The minimum Gasteiger partial charge on any atom is -0.289 e. The molecule has 4 aliphatic rings. The van der Waals surface area contributed by atoms with Crippen molar-refractivity contribution in [2.24, 2.45) is 0 Å². The van der Waals surface area contributed by atoms with Crippen LogP contribution in [-0.4, -0.2) is 31.5 Å². The number of nitrogens with zero attached hydrogens (tertiary/aromatic N) is 8. The summed E-state index contributed by atoms with van der Waals surface area (Å²) in [5, 5.41) is 45.0. The number of aryl methyl sites for hydroxylation is 4. The lowest BCUT2D eigenvalue weighted by molar-refractivity contribution is 0.103. The molecular weight excluding hydrogens is 1370 g/mol. The number of allylic oxidation sites excluding steroid dienone is 6. The Hall–Kier alpha value is -11.8. The highest BCUT2D eigenvalue weighted by atomic mass is 32.1. The first-order chi connectivity index (χ1) is 49.7. The summed E-state index contributed by atoms with van der Waals surface area (Å²) in [6.07, 6.45) is 3.39. The molecule has 0 atom stereocenters. The highest BCUT2D eigenvalue weighted by Crippen LogP contribution is 2.64. The van der Waals surface area contributed by atoms with Crippen LogP contribution in [-0.2, 0) is 10.8 Å². The molecule has 9 aromatic carbocycles. The molecule has 0 radical (unpaired) electrons. The van der Waals surface area contributed by atoms with Gasteiger partial charge in [0.25, 0.3) is 0 Å². The molecule has 0 aliphatic heterocycles. The Morgan fingerprint density at radius 2 is 0.667 bits per heavy atom. The van der Waals surface area contributed by atoms with E-state index in [0.29, 0.717) is 43.4 Å². The molecule has 19 rings (SSSR count). The largest absolute Gasteiger partial charge is 0.289 e. The van der Waals surface area contributed by atoms with E-state index < -0.39 is 10.8 Å². The van der Waals surface area contributed by atoms with Crippen LogP contribution in [0.1, 0.15) is 109 Å². The minimum atomic E-state index is -0.775. The number of nitriles is 4. The van der Waals surface area contributed by atoms with Crippen molar-refractivity contribution in [3.63, 3.8) is 0 Å². The number of hydrogen-bond acceptors (Lipinski definition) is 16. The molecule has 16 heteroatoms. The lowest BCUT2D eigenvalue weighted by Crippen LogP contribution is -2.30. The van der Waals surface area contributed by atoms with E-state index in [1.807, 2.05) is 24.3 Å². The summed E-state index contributed by atoms with van der Waals surface area (Å²) in [4.78, 5) is 53.1. The van der Waals surface area contributed by atoms with Crippen molar-refractivity contribution in [3.05, 3.63) is 315 Å². The summed E-state index contributed by atoms with van der Waals surface area (Å²) >= 11 is 9.23. The second-order valence-corrected chi connectivity index (χ2v) is 32.3. The standard InChI is InChI=1S/C86H46N8O2S6/c1-43-13-21-51(22-14-43)85(52-23-15-44(2)16-24-52)65-29-47-31-71(79-93-83-81(101-79)91-73(99-83)37-63-75(49(39-87)40-88)55-9-5-7-11-57(55)77(63)95)97-69(47)35-61(65)59-34-68-60(33-67(59)85)62-36-70-48(30-66(62)86(68,53-25-17-45(3)18-26-53)54-27-19-46(4)20-28-54)32-72(98-70)80-94-84-82(102-80)92-74(100-84)38-64-76(50(41-89)42-90)56-10-6-8-12-58(56)78(64)96/h5-38H,1-4H3/b63-37-,64-38-. The van der Waals surface area contributed by atoms with Crippen LogP contribution in [0.3, 0.4) is 0 Å². The molecule has 0 N–H and O–H groups in total. The zero-order valence-electron chi connectivity index (χ0n) is 54.5. The van der Waals surface area contributed by atoms with Gasteiger partial charge in [-0.3, -0.25) is 9.59 Å². The smallest absolute Gasteiger partial charge is 0.194 e. The van der Waals surface area contributed by atoms with Crippen molar-refractivity contribution in [2.45, 2.75) is 38.5 Å². The van der Waals surface area contributed by atoms with E-state index in [-0.39, 0.29) is 33.9 Å². The number of rotatable bonds is 8. The van der Waals surface area contributed by atoms with Gasteiger partial charge in [-0.15, -0.1) is 22.7 Å². The number of Topliss-reactive ketones (excluding diaryl/α,β-unsaturated/α-hetero) is 2. The van der Waals surface area contributed by atoms with Gasteiger partial charge in [0.1, 0.15) is 55.5 Å². The third kappa shape index (κ3) is 8.92. The Morgan fingerprint density at radius 3 is 1.00 bits per heavy atom. The van der Waals surface area contributed by atoms with E-state index in [4.69, 9.17) is 19.9 Å². The summed E-state index contributed by atoms with van der Waals surface area (Å²) in [5.74, 6) is -0.495. The molecule has 0 bridgehead atoms. The van der Waals surface area contributed by atoms with Crippen molar-refractivity contribution in [3.8, 4) is 66.3 Å². The number of hydrogen-bond donors (Lipinski definition) is 0. The molecular formula is C86H46N8O2S6. The van der Waals surface area contributed by atoms with E-state index in [1.54, 1.807) is 83.4 Å². The SMILES string of the molecule is Cc1ccc(C2(c3ccc(C)cc3)c3cc4c(cc3-c3cc5sc(-c6nc7sc(/C=C8\C(=O)c9ccccc9C8=C(C#N)C#N)nc7s6)cc5cc32)C(c2ccc(C)cc2)(c2ccc(C)cc2)c2cc3cc(-c5nc6sc(/C=C7\C(=O)c8ccccc8C7=C(C#N)C#N)nc6s5)sc3cc2-4)cc1. The van der Waals surface area contributed by atoms with Gasteiger partial charge in [0.05, 0.1) is 20.6 Å². The van der Waals surface area contributed by atoms with E-state index in [1.165, 1.54) is 134 Å². The van der Waals surface area contributed by atoms with Gasteiger partial charge in [0.15, 0.2) is 30.9 Å². The molecule has 0 spiro atoms. The number of carbonyl (C=O) groups excluding carboxylic acids is 2. The zero-order valence-corrected chi connectivity index (χ0v) is 59.4. The lowest BCUT2D eigenvalue weighted by atomic mass is 9.65. The molecule has 6 heterocycles. The second kappa shape index (κ2) is 22.9. The van der Waals surface area contributed by atoms with Gasteiger partial charge in [-0.05, 0) is 177 Å². The molecule has 0 saturated heterocycles. The summed E-state index contributed by atoms with van der Waals surface area (Å²) in [6, 6.07) is 78.1. The van der Waals surface area contributed by atoms with Gasteiger partial charge in [-0.1, -0.05) is 213 Å². The van der Waals surface area contributed by atoms with Crippen molar-refractivity contribution in [1.82, 2.24) is 19.9 Å². The molecule has 4 aliphatic carbocycles. The number of fused-ring (bicyclic) bond motifs is 12. The highest BCUT2D eigenvalue weighted by molar-refractivity contribution is 7.32. The van der Waals surface area contributed by atoms with Gasteiger partial charge in [-0.2, -0.15) is 21.0 Å². The predicted molar refractivity (Wildman–Crippen MR) is 413 cm³/mol. The first kappa shape index (κ1) is 61.3. The normalized spacial score (nSPS) is 15.0. The van der Waals surface area contributed by atoms with Crippen LogP contribution in [0.4, 0.5) is 0 Å². The third-order valence-corrected chi connectivity index (χ3v) is 26.9. The van der Waals surface area contributed by atoms with Gasteiger partial charge >= 0.3 is 0 Å². The first-order valence-electron chi connectivity index (χ1n) is 32.8. The van der Waals surface area contributed by atoms with Crippen LogP contribution in [0.2, 0.25) is 0 Å². The Bertz CT molecular complexity index is 6040. The summed E-state index contributed by atoms with van der Waals surface area (Å²) in [7, 11) is 0. The quantitative estimate of drug-likeness (QED) is 0.105. The van der Waals surface area contributed by atoms with E-state index in [9.17, 15) is 30.6 Å². The number of benzene rings is 9. The monoisotopic (exact) mass is 1410 g/mol. The summed E-state index contributed by atoms with van der Waals surface area (Å²) in [5.41, 5.74) is 20.3. The van der Waals surface area contributed by atoms with E-state index in [2.05, 4.69) is 173 Å². The Labute approximate surface area is 608 Å². The number of carbonyl (C=O) groups is 2. The Kier molecular flexibility index (Phi) is 13.7. The van der Waals surface area contributed by atoms with Crippen LogP contribution < -0.4 is 0 Å². The first-order valence-corrected chi connectivity index (χ1v) is 37.7. The molecule has 6 aromatic heterocycles. The van der Waals surface area contributed by atoms with Crippen LogP contribution in [0.5, 0.6) is 0 Å². The fourth-order valence-corrected chi connectivity index (χ4v) is 22.0. The summed E-state index contributed by atoms with van der Waals surface area (Å²) in [6.45, 7) is 8.60. The van der Waals surface area contributed by atoms with Crippen LogP contribution in [0.15, 0.2) is 216 Å². The molecule has 102 heavy (non-hydrogen) atoms. The minimum absolute atomic E-state index is 0.117. The van der Waals surface area contributed by atoms with E-state index >= 15 is 0 Å².